The summed E-state index contributed by atoms with van der Waals surface area (Å²) in [5.74, 6) is 1.84. The monoisotopic (exact) mass is 740 g/mol. The highest BCUT2D eigenvalue weighted by molar-refractivity contribution is 6.23. The molecule has 3 heterocycles. The Morgan fingerprint density at radius 3 is 1.69 bits per heavy atom. The molecule has 0 aliphatic heterocycles. The summed E-state index contributed by atoms with van der Waals surface area (Å²) in [5.41, 5.74) is 10.1. The van der Waals surface area contributed by atoms with Crippen molar-refractivity contribution in [2.24, 2.45) is 0 Å². The van der Waals surface area contributed by atoms with Crippen LogP contribution in [0.1, 0.15) is 0 Å². The fourth-order valence-electron chi connectivity index (χ4n) is 8.70. The average Bonchev–Trinajstić information content (AvgIpc) is 3.83. The Morgan fingerprint density at radius 1 is 0.345 bits per heavy atom. The van der Waals surface area contributed by atoms with Crippen molar-refractivity contribution >= 4 is 65.3 Å². The van der Waals surface area contributed by atoms with Gasteiger partial charge in [-0.05, 0) is 75.1 Å². The number of para-hydroxylation sites is 1. The summed E-state index contributed by atoms with van der Waals surface area (Å²) in [4.78, 5) is 15.0. The summed E-state index contributed by atoms with van der Waals surface area (Å²) in [6.45, 7) is 0. The van der Waals surface area contributed by atoms with Crippen molar-refractivity contribution in [3.05, 3.63) is 194 Å². The van der Waals surface area contributed by atoms with Gasteiger partial charge in [0.1, 0.15) is 11.2 Å². The molecule has 0 fully saturated rings. The molecule has 0 unspecified atom stereocenters. The number of hydrogen-bond acceptors (Lipinski definition) is 4. The zero-order valence-electron chi connectivity index (χ0n) is 31.2. The van der Waals surface area contributed by atoms with Crippen molar-refractivity contribution in [2.45, 2.75) is 0 Å². The Hall–Kier alpha value is -7.89. The van der Waals surface area contributed by atoms with Crippen LogP contribution in [-0.2, 0) is 0 Å². The summed E-state index contributed by atoms with van der Waals surface area (Å²) >= 11 is 0. The Balaban J connectivity index is 1.02. The van der Waals surface area contributed by atoms with Crippen molar-refractivity contribution in [1.29, 1.82) is 0 Å². The van der Waals surface area contributed by atoms with Crippen molar-refractivity contribution in [3.8, 4) is 51.0 Å². The van der Waals surface area contributed by atoms with Crippen molar-refractivity contribution in [1.82, 2.24) is 19.5 Å². The van der Waals surface area contributed by atoms with E-state index in [1.54, 1.807) is 0 Å². The second-order valence-electron chi connectivity index (χ2n) is 14.8. The standard InChI is InChI=1S/C53H32N4O/c1-3-14-34(15-4-1)49-41-20-10-9-19-37(41)30-46-50(49)44-21-11-12-22-45(44)57(46)40-26-28-43-42-27-25-39(31-47(42)58-48(43)32-40)53-55-51(35-16-5-2-6-17-35)54-52(56-53)38-24-23-33-13-7-8-18-36(33)29-38/h1-32H. The largest absolute Gasteiger partial charge is 0.456 e. The smallest absolute Gasteiger partial charge is 0.164 e. The van der Waals surface area contributed by atoms with Gasteiger partial charge in [-0.2, -0.15) is 0 Å². The van der Waals surface area contributed by atoms with Crippen molar-refractivity contribution < 1.29 is 4.42 Å². The second-order valence-corrected chi connectivity index (χ2v) is 14.8. The third-order valence-corrected chi connectivity index (χ3v) is 11.4. The minimum absolute atomic E-state index is 0.590. The summed E-state index contributed by atoms with van der Waals surface area (Å²) < 4.78 is 9.11. The molecule has 3 aromatic heterocycles. The number of rotatable bonds is 5. The van der Waals surface area contributed by atoms with E-state index >= 15 is 0 Å². The van der Waals surface area contributed by atoms with E-state index in [1.165, 1.54) is 38.1 Å². The first-order chi connectivity index (χ1) is 28.7. The molecule has 12 rings (SSSR count). The predicted molar refractivity (Wildman–Crippen MR) is 238 cm³/mol. The Kier molecular flexibility index (Phi) is 7.16. The third kappa shape index (κ3) is 5.14. The molecule has 0 amide bonds. The zero-order valence-corrected chi connectivity index (χ0v) is 31.2. The highest BCUT2D eigenvalue weighted by Crippen LogP contribution is 2.43. The topological polar surface area (TPSA) is 56.7 Å². The van der Waals surface area contributed by atoms with Crippen LogP contribution in [-0.4, -0.2) is 19.5 Å². The summed E-state index contributed by atoms with van der Waals surface area (Å²) in [6.07, 6.45) is 0. The van der Waals surface area contributed by atoms with E-state index in [0.717, 1.165) is 60.7 Å². The van der Waals surface area contributed by atoms with Gasteiger partial charge in [0.05, 0.1) is 11.0 Å². The van der Waals surface area contributed by atoms with Crippen LogP contribution in [0.4, 0.5) is 0 Å². The molecule has 58 heavy (non-hydrogen) atoms. The molecular weight excluding hydrogens is 709 g/mol. The first kappa shape index (κ1) is 32.4. The van der Waals surface area contributed by atoms with Crippen LogP contribution in [0.25, 0.3) is 116 Å². The SMILES string of the molecule is c1ccc(-c2nc(-c3ccc4ccccc4c3)nc(-c3ccc4c(c3)oc3cc(-n5c6ccccc6c6c(-c7ccccc7)c7ccccc7cc65)ccc34)n2)cc1. The molecule has 0 atom stereocenters. The number of hydrogen-bond donors (Lipinski definition) is 0. The fraction of sp³-hybridized carbons (Fsp3) is 0. The lowest BCUT2D eigenvalue weighted by Crippen LogP contribution is -2.00. The van der Waals surface area contributed by atoms with E-state index in [-0.39, 0.29) is 0 Å². The molecule has 9 aromatic carbocycles. The zero-order chi connectivity index (χ0) is 38.2. The molecule has 0 saturated carbocycles. The normalized spacial score (nSPS) is 11.8. The molecule has 5 nitrogen and oxygen atoms in total. The van der Waals surface area contributed by atoms with E-state index in [1.807, 2.05) is 30.3 Å². The number of fused-ring (bicyclic) bond motifs is 8. The number of nitrogens with zero attached hydrogens (tertiary/aromatic N) is 4. The second kappa shape index (κ2) is 12.8. The van der Waals surface area contributed by atoms with Gasteiger partial charge in [-0.1, -0.05) is 146 Å². The van der Waals surface area contributed by atoms with Gasteiger partial charge >= 0.3 is 0 Å². The Labute approximate surface area is 333 Å². The van der Waals surface area contributed by atoms with Crippen LogP contribution in [0, 0.1) is 0 Å². The average molecular weight is 741 g/mol. The van der Waals surface area contributed by atoms with Crippen LogP contribution in [0.15, 0.2) is 199 Å². The van der Waals surface area contributed by atoms with Gasteiger partial charge in [0, 0.05) is 50.0 Å². The lowest BCUT2D eigenvalue weighted by molar-refractivity contribution is 0.668. The maximum Gasteiger partial charge on any atom is 0.164 e. The van der Waals surface area contributed by atoms with Crippen LogP contribution < -0.4 is 0 Å². The maximum absolute atomic E-state index is 6.73. The number of aromatic nitrogens is 4. The van der Waals surface area contributed by atoms with E-state index in [0.29, 0.717) is 17.5 Å². The van der Waals surface area contributed by atoms with Crippen LogP contribution in [0.2, 0.25) is 0 Å². The van der Waals surface area contributed by atoms with Crippen molar-refractivity contribution in [2.75, 3.05) is 0 Å². The van der Waals surface area contributed by atoms with Gasteiger partial charge < -0.3 is 8.98 Å². The maximum atomic E-state index is 6.73. The quantitative estimate of drug-likeness (QED) is 0.176. The number of benzene rings is 9. The van der Waals surface area contributed by atoms with Crippen molar-refractivity contribution in [3.63, 3.8) is 0 Å². The molecule has 0 radical (unpaired) electrons. The fourth-order valence-corrected chi connectivity index (χ4v) is 8.70. The van der Waals surface area contributed by atoms with E-state index in [4.69, 9.17) is 19.4 Å². The molecule has 270 valence electrons. The lowest BCUT2D eigenvalue weighted by atomic mass is 9.93. The Morgan fingerprint density at radius 2 is 0.914 bits per heavy atom. The van der Waals surface area contributed by atoms with Gasteiger partial charge in [0.2, 0.25) is 0 Å². The molecule has 5 heteroatoms. The predicted octanol–water partition coefficient (Wildman–Crippen LogP) is 13.8. The highest BCUT2D eigenvalue weighted by atomic mass is 16.3. The van der Waals surface area contributed by atoms with E-state index in [9.17, 15) is 0 Å². The summed E-state index contributed by atoms with van der Waals surface area (Å²) in [7, 11) is 0. The lowest BCUT2D eigenvalue weighted by Gasteiger charge is -2.12. The molecule has 0 bridgehead atoms. The summed E-state index contributed by atoms with van der Waals surface area (Å²) in [6, 6.07) is 68.1. The minimum Gasteiger partial charge on any atom is -0.456 e. The molecule has 0 saturated heterocycles. The first-order valence-corrected chi connectivity index (χ1v) is 19.5. The van der Waals surface area contributed by atoms with Gasteiger partial charge in [0.15, 0.2) is 17.5 Å². The molecule has 12 aromatic rings. The van der Waals surface area contributed by atoms with E-state index in [2.05, 4.69) is 168 Å². The first-order valence-electron chi connectivity index (χ1n) is 19.5. The minimum atomic E-state index is 0.590. The molecule has 0 aliphatic carbocycles. The Bertz CT molecular complexity index is 3570. The van der Waals surface area contributed by atoms with Gasteiger partial charge in [0.25, 0.3) is 0 Å². The van der Waals surface area contributed by atoms with Gasteiger partial charge in [-0.3, -0.25) is 0 Å². The number of furan rings is 1. The van der Waals surface area contributed by atoms with E-state index < -0.39 is 0 Å². The van der Waals surface area contributed by atoms with Gasteiger partial charge in [-0.15, -0.1) is 0 Å². The summed E-state index contributed by atoms with van der Waals surface area (Å²) in [5, 5.41) is 9.30. The molecule has 0 spiro atoms. The van der Waals surface area contributed by atoms with Crippen LogP contribution >= 0.6 is 0 Å². The molecular formula is C53H32N4O. The third-order valence-electron chi connectivity index (χ3n) is 11.4. The van der Waals surface area contributed by atoms with Gasteiger partial charge in [-0.25, -0.2) is 15.0 Å². The molecule has 0 N–H and O–H groups in total. The molecule has 0 aliphatic rings. The van der Waals surface area contributed by atoms with Crippen LogP contribution in [0.5, 0.6) is 0 Å². The van der Waals surface area contributed by atoms with Crippen LogP contribution in [0.3, 0.4) is 0 Å². The highest BCUT2D eigenvalue weighted by Gasteiger charge is 2.20.